The minimum atomic E-state index is -1.19. The summed E-state index contributed by atoms with van der Waals surface area (Å²) < 4.78 is 6.89. The first kappa shape index (κ1) is 26.4. The van der Waals surface area contributed by atoms with E-state index >= 15 is 0 Å². The largest absolute Gasteiger partial charge is 0.481 e. The Morgan fingerprint density at radius 1 is 1.11 bits per heavy atom. The van der Waals surface area contributed by atoms with Crippen molar-refractivity contribution in [1.82, 2.24) is 20.2 Å². The Kier molecular flexibility index (Phi) is 8.42. The van der Waals surface area contributed by atoms with Crippen LogP contribution in [0, 0.1) is 5.92 Å². The number of benzene rings is 1. The zero-order valence-electron chi connectivity index (χ0n) is 20.8. The van der Waals surface area contributed by atoms with E-state index in [1.54, 1.807) is 34.9 Å². The van der Waals surface area contributed by atoms with Gasteiger partial charge in [0.2, 0.25) is 17.6 Å². The Bertz CT molecular complexity index is 1280. The minimum Gasteiger partial charge on any atom is -0.481 e. The fourth-order valence-electron chi connectivity index (χ4n) is 4.22. The summed E-state index contributed by atoms with van der Waals surface area (Å²) in [7, 11) is 2.79. The molecular weight excluding hydrogens is 462 g/mol. The second-order valence-electron chi connectivity index (χ2n) is 8.85. The highest BCUT2D eigenvalue weighted by Crippen LogP contribution is 2.29. The molecule has 3 rings (SSSR count). The van der Waals surface area contributed by atoms with Crippen molar-refractivity contribution in [3.63, 3.8) is 0 Å². The van der Waals surface area contributed by atoms with Gasteiger partial charge in [-0.15, -0.1) is 0 Å². The van der Waals surface area contributed by atoms with E-state index in [9.17, 15) is 19.2 Å². The number of methoxy groups -OCH3 is 1. The number of Topliss-reactive ketones (excluding diaryl/α,β-unsaturated/α-hetero) is 1. The highest BCUT2D eigenvalue weighted by molar-refractivity contribution is 6.38. The number of nitrogens with one attached hydrogen (secondary N) is 2. The molecule has 0 aliphatic heterocycles. The fraction of sp³-hybridized carbons (Fsp3) is 0.346. The summed E-state index contributed by atoms with van der Waals surface area (Å²) in [6.07, 6.45) is 1.89. The fourth-order valence-corrected chi connectivity index (χ4v) is 4.22. The molecule has 0 saturated carbocycles. The number of ether oxygens (including phenoxy) is 1. The number of para-hydroxylation sites is 1. The number of nitrogens with zero attached hydrogens (tertiary/aromatic N) is 2. The van der Waals surface area contributed by atoms with Crippen LogP contribution in [0.1, 0.15) is 42.4 Å². The van der Waals surface area contributed by atoms with E-state index in [0.717, 1.165) is 5.39 Å². The monoisotopic (exact) mass is 493 g/mol. The van der Waals surface area contributed by atoms with Gasteiger partial charge in [0.15, 0.2) is 0 Å². The summed E-state index contributed by atoms with van der Waals surface area (Å²) in [4.78, 5) is 55.4. The number of primary amides is 1. The molecule has 190 valence electrons. The molecule has 0 radical (unpaired) electrons. The van der Waals surface area contributed by atoms with Gasteiger partial charge in [0, 0.05) is 36.1 Å². The number of hydrogen-bond donors (Lipinski definition) is 3. The standard InChI is InChI=1S/C26H31N5O5/c1-15(2)12-21(31-19-10-6-5-8-16(19)14-20(31)23(27)33)24(34)30-18(22(32)25(35)28-3)13-17-9-7-11-29-26(17)36-4/h5-11,14-15,18,21H,12-13H2,1-4H3,(H2,27,33)(H,28,35)(H,30,34)/t18-,21-/m0/s1. The molecule has 2 atom stereocenters. The molecule has 0 aliphatic carbocycles. The summed E-state index contributed by atoms with van der Waals surface area (Å²) in [5.41, 5.74) is 7.06. The van der Waals surface area contributed by atoms with Gasteiger partial charge in [-0.05, 0) is 30.5 Å². The molecule has 10 heteroatoms. The molecule has 2 aromatic heterocycles. The lowest BCUT2D eigenvalue weighted by Crippen LogP contribution is -2.50. The summed E-state index contributed by atoms with van der Waals surface area (Å²) in [6, 6.07) is 10.2. The molecule has 3 amide bonds. The van der Waals surface area contributed by atoms with Gasteiger partial charge in [-0.1, -0.05) is 38.1 Å². The normalized spacial score (nSPS) is 12.7. The maximum absolute atomic E-state index is 13.8. The molecule has 3 aromatic rings. The van der Waals surface area contributed by atoms with Crippen molar-refractivity contribution in [2.24, 2.45) is 11.7 Å². The Morgan fingerprint density at radius 3 is 2.47 bits per heavy atom. The van der Waals surface area contributed by atoms with E-state index in [-0.39, 0.29) is 23.9 Å². The van der Waals surface area contributed by atoms with Crippen molar-refractivity contribution in [3.8, 4) is 5.88 Å². The van der Waals surface area contributed by atoms with E-state index < -0.39 is 35.6 Å². The van der Waals surface area contributed by atoms with E-state index in [1.165, 1.54) is 20.4 Å². The molecule has 2 heterocycles. The first-order valence-corrected chi connectivity index (χ1v) is 11.6. The molecule has 0 bridgehead atoms. The van der Waals surface area contributed by atoms with Crippen molar-refractivity contribution in [2.45, 2.75) is 38.8 Å². The SMILES string of the molecule is CNC(=O)C(=O)[C@H](Cc1cccnc1OC)NC(=O)[C@H](CC(C)C)n1c(C(N)=O)cc2ccccc21. The molecule has 0 aliphatic rings. The maximum atomic E-state index is 13.8. The third kappa shape index (κ3) is 5.70. The summed E-state index contributed by atoms with van der Waals surface area (Å²) in [6.45, 7) is 3.90. The van der Waals surface area contributed by atoms with Crippen molar-refractivity contribution >= 4 is 34.4 Å². The molecule has 0 saturated heterocycles. The Morgan fingerprint density at radius 2 is 1.83 bits per heavy atom. The number of aromatic nitrogens is 2. The van der Waals surface area contributed by atoms with Gasteiger partial charge in [0.1, 0.15) is 17.8 Å². The topological polar surface area (TPSA) is 145 Å². The van der Waals surface area contributed by atoms with Gasteiger partial charge in [0.25, 0.3) is 11.8 Å². The van der Waals surface area contributed by atoms with Gasteiger partial charge >= 0.3 is 0 Å². The molecular formula is C26H31N5O5. The van der Waals surface area contributed by atoms with Crippen LogP contribution in [-0.2, 0) is 20.8 Å². The zero-order chi connectivity index (χ0) is 26.4. The predicted molar refractivity (Wildman–Crippen MR) is 134 cm³/mol. The van der Waals surface area contributed by atoms with Crippen molar-refractivity contribution < 1.29 is 23.9 Å². The number of pyridine rings is 1. The second-order valence-corrected chi connectivity index (χ2v) is 8.85. The Hall–Kier alpha value is -4.21. The Labute approximate surface area is 209 Å². The van der Waals surface area contributed by atoms with Crippen LogP contribution < -0.4 is 21.1 Å². The lowest BCUT2D eigenvalue weighted by molar-refractivity contribution is -0.140. The number of carbonyl (C=O) groups excluding carboxylic acids is 4. The molecule has 10 nitrogen and oxygen atoms in total. The first-order valence-electron chi connectivity index (χ1n) is 11.6. The predicted octanol–water partition coefficient (Wildman–Crippen LogP) is 1.77. The van der Waals surface area contributed by atoms with Crippen LogP contribution in [0.5, 0.6) is 5.88 Å². The number of amides is 3. The third-order valence-corrected chi connectivity index (χ3v) is 5.86. The number of ketones is 1. The van der Waals surface area contributed by atoms with Crippen LogP contribution in [0.2, 0.25) is 0 Å². The van der Waals surface area contributed by atoms with E-state index in [0.29, 0.717) is 17.5 Å². The number of likely N-dealkylation sites (N-methyl/N-ethyl adjacent to an activating group) is 1. The first-order chi connectivity index (χ1) is 17.2. The number of fused-ring (bicyclic) bond motifs is 1. The second kappa shape index (κ2) is 11.5. The highest BCUT2D eigenvalue weighted by Gasteiger charge is 2.33. The van der Waals surface area contributed by atoms with E-state index in [2.05, 4.69) is 15.6 Å². The molecule has 36 heavy (non-hydrogen) atoms. The highest BCUT2D eigenvalue weighted by atomic mass is 16.5. The zero-order valence-corrected chi connectivity index (χ0v) is 20.8. The number of nitrogens with two attached hydrogens (primary N) is 1. The minimum absolute atomic E-state index is 0.0154. The molecule has 0 spiro atoms. The Balaban J connectivity index is 2.04. The lowest BCUT2D eigenvalue weighted by Gasteiger charge is -2.26. The molecule has 0 fully saturated rings. The van der Waals surface area contributed by atoms with Crippen LogP contribution in [0.25, 0.3) is 10.9 Å². The van der Waals surface area contributed by atoms with Gasteiger partial charge in [-0.3, -0.25) is 19.2 Å². The van der Waals surface area contributed by atoms with Crippen molar-refractivity contribution in [2.75, 3.05) is 14.2 Å². The van der Waals surface area contributed by atoms with Gasteiger partial charge in [-0.25, -0.2) is 4.98 Å². The average Bonchev–Trinajstić information content (AvgIpc) is 3.25. The van der Waals surface area contributed by atoms with Crippen LogP contribution in [0.15, 0.2) is 48.7 Å². The third-order valence-electron chi connectivity index (χ3n) is 5.86. The average molecular weight is 494 g/mol. The smallest absolute Gasteiger partial charge is 0.289 e. The summed E-state index contributed by atoms with van der Waals surface area (Å²) >= 11 is 0. The van der Waals surface area contributed by atoms with Gasteiger partial charge in [-0.2, -0.15) is 0 Å². The van der Waals surface area contributed by atoms with Crippen LogP contribution in [-0.4, -0.2) is 53.3 Å². The van der Waals surface area contributed by atoms with Crippen molar-refractivity contribution in [3.05, 3.63) is 59.9 Å². The number of carbonyl (C=O) groups is 4. The van der Waals surface area contributed by atoms with Crippen LogP contribution in [0.4, 0.5) is 0 Å². The molecule has 1 aromatic carbocycles. The number of rotatable bonds is 11. The van der Waals surface area contributed by atoms with Crippen LogP contribution in [0.3, 0.4) is 0 Å². The van der Waals surface area contributed by atoms with Crippen molar-refractivity contribution in [1.29, 1.82) is 0 Å². The summed E-state index contributed by atoms with van der Waals surface area (Å²) in [5.74, 6) is -2.49. The van der Waals surface area contributed by atoms with Gasteiger partial charge in [0.05, 0.1) is 7.11 Å². The molecule has 4 N–H and O–H groups in total. The maximum Gasteiger partial charge on any atom is 0.289 e. The van der Waals surface area contributed by atoms with E-state index in [1.807, 2.05) is 26.0 Å². The van der Waals surface area contributed by atoms with E-state index in [4.69, 9.17) is 10.5 Å². The lowest BCUT2D eigenvalue weighted by atomic mass is 9.99. The number of hydrogen-bond acceptors (Lipinski definition) is 6. The van der Waals surface area contributed by atoms with Gasteiger partial charge < -0.3 is 25.7 Å². The van der Waals surface area contributed by atoms with Crippen LogP contribution >= 0.6 is 0 Å². The quantitative estimate of drug-likeness (QED) is 0.347. The molecule has 0 unspecified atom stereocenters. The summed E-state index contributed by atoms with van der Waals surface area (Å²) in [5, 5.41) is 5.82.